The molecule has 16 nitrogen and oxygen atoms in total. The molecule has 0 aliphatic carbocycles. The molecule has 2 saturated heterocycles. The molecule has 5 aromatic rings. The van der Waals surface area contributed by atoms with Gasteiger partial charge in [-0.15, -0.1) is 0 Å². The van der Waals surface area contributed by atoms with E-state index in [0.717, 1.165) is 0 Å². The molecule has 5 aromatic carbocycles. The number of aromatic hydroxyl groups is 3. The van der Waals surface area contributed by atoms with E-state index in [4.69, 9.17) is 23.7 Å². The third kappa shape index (κ3) is 6.58. The number of aliphatic hydroxyl groups excluding tert-OH is 8. The zero-order valence-electron chi connectivity index (χ0n) is 29.3. The maximum atomic E-state index is 11.1. The highest BCUT2D eigenvalue weighted by Crippen LogP contribution is 2.56. The number of phenolic OH excluding ortho intramolecular Hbond substituents is 3. The molecular weight excluding hydrogens is 736 g/mol. The van der Waals surface area contributed by atoms with E-state index >= 15 is 0 Å². The molecule has 3 aliphatic heterocycles. The van der Waals surface area contributed by atoms with Crippen molar-refractivity contribution in [3.05, 3.63) is 95.6 Å². The van der Waals surface area contributed by atoms with Crippen molar-refractivity contribution in [2.75, 3.05) is 13.2 Å². The maximum absolute atomic E-state index is 11.1. The van der Waals surface area contributed by atoms with Gasteiger partial charge in [-0.05, 0) is 63.7 Å². The molecule has 11 N–H and O–H groups in total. The zero-order chi connectivity index (χ0) is 39.6. The highest BCUT2D eigenvalue weighted by atomic mass is 16.7. The smallest absolute Gasteiger partial charge is 0.229 e. The summed E-state index contributed by atoms with van der Waals surface area (Å²) in [6.45, 7) is -1.36. The third-order valence-electron chi connectivity index (χ3n) is 10.6. The molecule has 12 atom stereocenters. The van der Waals surface area contributed by atoms with Crippen LogP contribution in [0.2, 0.25) is 0 Å². The summed E-state index contributed by atoms with van der Waals surface area (Å²) in [6, 6.07) is 20.5. The summed E-state index contributed by atoms with van der Waals surface area (Å²) in [7, 11) is 0. The molecule has 0 amide bonds. The topological polar surface area (TPSA) is 269 Å². The summed E-state index contributed by atoms with van der Waals surface area (Å²) >= 11 is 0. The number of hydrogen-bond acceptors (Lipinski definition) is 16. The Balaban J connectivity index is 1.29. The van der Waals surface area contributed by atoms with Gasteiger partial charge in [0, 0.05) is 23.1 Å². The quantitative estimate of drug-likeness (QED) is 0.0970. The van der Waals surface area contributed by atoms with E-state index in [1.807, 2.05) is 6.07 Å². The monoisotopic (exact) mass is 776 g/mol. The van der Waals surface area contributed by atoms with Crippen LogP contribution in [0.15, 0.2) is 78.9 Å². The molecular formula is C40H40O16. The van der Waals surface area contributed by atoms with Crippen LogP contribution in [-0.4, -0.2) is 131 Å². The van der Waals surface area contributed by atoms with E-state index in [0.29, 0.717) is 38.2 Å². The van der Waals surface area contributed by atoms with Crippen molar-refractivity contribution in [3.8, 4) is 34.5 Å². The molecule has 0 radical (unpaired) electrons. The van der Waals surface area contributed by atoms with E-state index in [2.05, 4.69) is 0 Å². The fourth-order valence-corrected chi connectivity index (χ4v) is 7.77. The first-order valence-corrected chi connectivity index (χ1v) is 17.8. The van der Waals surface area contributed by atoms with Crippen LogP contribution in [-0.2, 0) is 9.47 Å². The fourth-order valence-electron chi connectivity index (χ4n) is 7.77. The number of ether oxygens (including phenoxy) is 5. The standard InChI is InChI=1S/C40H40O16/c41-14-27-32(46)34(48)36(50)39(55-27)52-22-10-18(9-21(45)11-22)29-31-23-8-4-16-1-7-20(44)12-24(16)30(23)25(54-40-37(51)35(49)33(47)28(15-42)56-40)13-26(31)53-38(29)17-2-5-19(43)6-3-17/h1-13,27-29,32-51H,14-15H2. The van der Waals surface area contributed by atoms with Crippen molar-refractivity contribution in [1.29, 1.82) is 0 Å². The largest absolute Gasteiger partial charge is 0.508 e. The molecule has 0 saturated carbocycles. The summed E-state index contributed by atoms with van der Waals surface area (Å²) in [4.78, 5) is 0. The van der Waals surface area contributed by atoms with Crippen LogP contribution < -0.4 is 14.2 Å². The van der Waals surface area contributed by atoms with Gasteiger partial charge in [-0.1, -0.05) is 30.3 Å². The summed E-state index contributed by atoms with van der Waals surface area (Å²) in [5.41, 5.74) is 1.61. The Bertz CT molecular complexity index is 2230. The normalized spacial score (nSPS) is 31.6. The second-order valence-electron chi connectivity index (χ2n) is 14.2. The van der Waals surface area contributed by atoms with Gasteiger partial charge in [0.15, 0.2) is 0 Å². The molecule has 16 heteroatoms. The number of aliphatic hydroxyl groups is 8. The Labute approximate surface area is 317 Å². The molecule has 0 spiro atoms. The van der Waals surface area contributed by atoms with E-state index in [-0.39, 0.29) is 34.5 Å². The van der Waals surface area contributed by atoms with Gasteiger partial charge >= 0.3 is 0 Å². The molecule has 0 bridgehead atoms. The summed E-state index contributed by atoms with van der Waals surface area (Å²) in [5.74, 6) is -0.724. The lowest BCUT2D eigenvalue weighted by Gasteiger charge is -2.39. The first kappa shape index (κ1) is 37.9. The number of fused-ring (bicyclic) bond motifs is 5. The van der Waals surface area contributed by atoms with Gasteiger partial charge in [-0.2, -0.15) is 0 Å². The molecule has 12 unspecified atom stereocenters. The second-order valence-corrected chi connectivity index (χ2v) is 14.2. The van der Waals surface area contributed by atoms with Crippen LogP contribution in [0.5, 0.6) is 34.5 Å². The molecule has 3 aliphatic rings. The summed E-state index contributed by atoms with van der Waals surface area (Å²) in [6.07, 6.45) is -16.6. The number of benzene rings is 5. The van der Waals surface area contributed by atoms with Crippen LogP contribution >= 0.6 is 0 Å². The van der Waals surface area contributed by atoms with Crippen LogP contribution in [0.3, 0.4) is 0 Å². The minimum absolute atomic E-state index is 0.000300. The van der Waals surface area contributed by atoms with Crippen molar-refractivity contribution in [3.63, 3.8) is 0 Å². The number of phenols is 3. The number of rotatable bonds is 8. The Morgan fingerprint density at radius 3 is 1.79 bits per heavy atom. The Morgan fingerprint density at radius 2 is 1.14 bits per heavy atom. The van der Waals surface area contributed by atoms with Crippen molar-refractivity contribution in [2.45, 2.75) is 73.4 Å². The van der Waals surface area contributed by atoms with Gasteiger partial charge in [-0.25, -0.2) is 0 Å². The van der Waals surface area contributed by atoms with Gasteiger partial charge in [0.1, 0.15) is 89.4 Å². The van der Waals surface area contributed by atoms with Gasteiger partial charge in [0.2, 0.25) is 12.6 Å². The van der Waals surface area contributed by atoms with Gasteiger partial charge < -0.3 is 79.9 Å². The van der Waals surface area contributed by atoms with Crippen molar-refractivity contribution < 1.29 is 79.9 Å². The summed E-state index contributed by atoms with van der Waals surface area (Å²) in [5, 5.41) is 117. The number of hydrogen-bond donors (Lipinski definition) is 11. The third-order valence-corrected chi connectivity index (χ3v) is 10.6. The maximum Gasteiger partial charge on any atom is 0.229 e. The average Bonchev–Trinajstić information content (AvgIpc) is 3.57. The Morgan fingerprint density at radius 1 is 0.536 bits per heavy atom. The zero-order valence-corrected chi connectivity index (χ0v) is 29.3. The van der Waals surface area contributed by atoms with Gasteiger partial charge in [-0.3, -0.25) is 0 Å². The van der Waals surface area contributed by atoms with Crippen LogP contribution in [0.4, 0.5) is 0 Å². The molecule has 8 rings (SSSR count). The SMILES string of the molecule is OCC1OC(Oc2cc(O)cc(C3c4c(cc(OC5OC(CO)C(O)C(O)C5O)c5c4ccc4ccc(O)cc45)OC3c3ccc(O)cc3)c2)C(O)C(O)C1O. The van der Waals surface area contributed by atoms with Gasteiger partial charge in [0.25, 0.3) is 0 Å². The van der Waals surface area contributed by atoms with E-state index in [9.17, 15) is 56.2 Å². The second kappa shape index (κ2) is 14.8. The lowest BCUT2D eigenvalue weighted by Crippen LogP contribution is -2.60. The first-order valence-electron chi connectivity index (χ1n) is 17.8. The van der Waals surface area contributed by atoms with Crippen molar-refractivity contribution >= 4 is 21.5 Å². The van der Waals surface area contributed by atoms with Crippen molar-refractivity contribution in [2.24, 2.45) is 0 Å². The predicted octanol–water partition coefficient (Wildman–Crippen LogP) is 0.733. The summed E-state index contributed by atoms with van der Waals surface area (Å²) < 4.78 is 30.1. The fraction of sp³-hybridized carbons (Fsp3) is 0.350. The first-order chi connectivity index (χ1) is 26.9. The van der Waals surface area contributed by atoms with E-state index in [1.54, 1.807) is 36.4 Å². The Hall–Kier alpha value is -4.98. The lowest BCUT2D eigenvalue weighted by molar-refractivity contribution is -0.277. The molecule has 3 heterocycles. The molecule has 296 valence electrons. The predicted molar refractivity (Wildman–Crippen MR) is 193 cm³/mol. The van der Waals surface area contributed by atoms with Crippen LogP contribution in [0.1, 0.15) is 28.7 Å². The molecule has 0 aromatic heterocycles. The van der Waals surface area contributed by atoms with Crippen LogP contribution in [0, 0.1) is 0 Å². The molecule has 56 heavy (non-hydrogen) atoms. The lowest BCUT2D eigenvalue weighted by atomic mass is 9.82. The highest BCUT2D eigenvalue weighted by molar-refractivity contribution is 6.13. The van der Waals surface area contributed by atoms with Crippen molar-refractivity contribution in [1.82, 2.24) is 0 Å². The average molecular weight is 777 g/mol. The minimum atomic E-state index is -1.74. The molecule has 2 fully saturated rings. The minimum Gasteiger partial charge on any atom is -0.508 e. The highest BCUT2D eigenvalue weighted by Gasteiger charge is 2.47. The van der Waals surface area contributed by atoms with E-state index in [1.165, 1.54) is 36.4 Å². The van der Waals surface area contributed by atoms with E-state index < -0.39 is 86.6 Å². The van der Waals surface area contributed by atoms with Gasteiger partial charge in [0.05, 0.1) is 19.1 Å². The van der Waals surface area contributed by atoms with Crippen LogP contribution in [0.25, 0.3) is 21.5 Å². The Kier molecular flexibility index (Phi) is 10.0.